The molecule has 0 unspecified atom stereocenters. The van der Waals surface area contributed by atoms with Gasteiger partial charge in [0.15, 0.2) is 11.5 Å². The largest absolute Gasteiger partial charge is 0.490 e. The van der Waals surface area contributed by atoms with E-state index in [4.69, 9.17) is 14.2 Å². The van der Waals surface area contributed by atoms with Gasteiger partial charge in [0.25, 0.3) is 5.91 Å². The smallest absolute Gasteiger partial charge is 0.412 e. The molecule has 0 aliphatic carbocycles. The Bertz CT molecular complexity index is 924. The highest BCUT2D eigenvalue weighted by molar-refractivity contribution is 6.07. The zero-order chi connectivity index (χ0) is 21.0. The van der Waals surface area contributed by atoms with Crippen LogP contribution in [-0.4, -0.2) is 30.8 Å². The average Bonchev–Trinajstić information content (AvgIpc) is 2.87. The molecule has 0 spiro atoms. The fraction of sp³-hybridized carbons (Fsp3) is 0.333. The maximum atomic E-state index is 13.7. The van der Waals surface area contributed by atoms with Crippen LogP contribution in [-0.2, 0) is 4.74 Å². The zero-order valence-electron chi connectivity index (χ0n) is 16.5. The molecule has 1 aliphatic heterocycles. The van der Waals surface area contributed by atoms with Crippen LogP contribution in [0.1, 0.15) is 37.6 Å². The van der Waals surface area contributed by atoms with Crippen molar-refractivity contribution >= 4 is 23.4 Å². The highest BCUT2D eigenvalue weighted by Gasteiger charge is 2.19. The van der Waals surface area contributed by atoms with E-state index in [1.165, 1.54) is 12.1 Å². The van der Waals surface area contributed by atoms with Crippen LogP contribution < -0.4 is 20.1 Å². The summed E-state index contributed by atoms with van der Waals surface area (Å²) in [4.78, 5) is 24.7. The van der Waals surface area contributed by atoms with Gasteiger partial charge in [0.2, 0.25) is 0 Å². The minimum absolute atomic E-state index is 0.105. The van der Waals surface area contributed by atoms with Crippen molar-refractivity contribution in [1.82, 2.24) is 0 Å². The van der Waals surface area contributed by atoms with E-state index in [0.717, 1.165) is 12.5 Å². The summed E-state index contributed by atoms with van der Waals surface area (Å²) in [7, 11) is 0. The first kappa shape index (κ1) is 20.4. The molecule has 7 nitrogen and oxygen atoms in total. The van der Waals surface area contributed by atoms with Crippen LogP contribution in [0.15, 0.2) is 36.4 Å². The molecule has 1 aliphatic rings. The van der Waals surface area contributed by atoms with Crippen LogP contribution >= 0.6 is 0 Å². The Balaban J connectivity index is 1.79. The second kappa shape index (κ2) is 8.38. The SMILES string of the molecule is CC(C)(C)OC(=O)Nc1ccc(F)cc1NC(=O)c1ccc2c(c1)OCCCO2. The third-order valence-corrected chi connectivity index (χ3v) is 3.88. The summed E-state index contributed by atoms with van der Waals surface area (Å²) < 4.78 is 30.1. The Morgan fingerprint density at radius 1 is 0.966 bits per heavy atom. The number of fused-ring (bicyclic) bond motifs is 1. The number of carbonyl (C=O) groups excluding carboxylic acids is 2. The third kappa shape index (κ3) is 5.60. The van der Waals surface area contributed by atoms with Gasteiger partial charge in [-0.15, -0.1) is 0 Å². The molecule has 0 bridgehead atoms. The molecular weight excluding hydrogens is 379 g/mol. The van der Waals surface area contributed by atoms with Crippen LogP contribution in [0.4, 0.5) is 20.6 Å². The number of carbonyl (C=O) groups is 2. The first-order valence-electron chi connectivity index (χ1n) is 9.22. The van der Waals surface area contributed by atoms with Crippen molar-refractivity contribution in [2.75, 3.05) is 23.8 Å². The molecule has 0 aromatic heterocycles. The predicted octanol–water partition coefficient (Wildman–Crippen LogP) is 4.59. The third-order valence-electron chi connectivity index (χ3n) is 3.88. The molecule has 0 radical (unpaired) electrons. The molecule has 2 N–H and O–H groups in total. The van der Waals surface area contributed by atoms with E-state index in [2.05, 4.69) is 10.6 Å². The van der Waals surface area contributed by atoms with Gasteiger partial charge in [-0.3, -0.25) is 10.1 Å². The normalized spacial score (nSPS) is 13.2. The Kier molecular flexibility index (Phi) is 5.91. The molecule has 8 heteroatoms. The quantitative estimate of drug-likeness (QED) is 0.785. The number of hydrogen-bond donors (Lipinski definition) is 2. The molecule has 154 valence electrons. The van der Waals surface area contributed by atoms with Crippen LogP contribution in [0.25, 0.3) is 0 Å². The van der Waals surface area contributed by atoms with Crippen LogP contribution in [0.5, 0.6) is 11.5 Å². The lowest BCUT2D eigenvalue weighted by Gasteiger charge is -2.20. The van der Waals surface area contributed by atoms with Gasteiger partial charge < -0.3 is 19.5 Å². The van der Waals surface area contributed by atoms with Crippen molar-refractivity contribution in [3.8, 4) is 11.5 Å². The number of nitrogens with one attached hydrogen (secondary N) is 2. The first-order valence-corrected chi connectivity index (χ1v) is 9.22. The molecule has 0 fully saturated rings. The molecule has 2 aromatic rings. The van der Waals surface area contributed by atoms with Crippen molar-refractivity contribution in [1.29, 1.82) is 0 Å². The van der Waals surface area contributed by atoms with Gasteiger partial charge in [-0.1, -0.05) is 0 Å². The number of ether oxygens (including phenoxy) is 3. The number of amides is 2. The lowest BCUT2D eigenvalue weighted by atomic mass is 10.1. The van der Waals surface area contributed by atoms with Gasteiger partial charge in [0.1, 0.15) is 11.4 Å². The van der Waals surface area contributed by atoms with Gasteiger partial charge in [0, 0.05) is 12.0 Å². The van der Waals surface area contributed by atoms with E-state index < -0.39 is 23.4 Å². The summed E-state index contributed by atoms with van der Waals surface area (Å²) in [5, 5.41) is 5.13. The van der Waals surface area contributed by atoms with Crippen molar-refractivity contribution < 1.29 is 28.2 Å². The highest BCUT2D eigenvalue weighted by atomic mass is 19.1. The maximum Gasteiger partial charge on any atom is 0.412 e. The Hall–Kier alpha value is -3.29. The monoisotopic (exact) mass is 402 g/mol. The van der Waals surface area contributed by atoms with E-state index in [0.29, 0.717) is 30.3 Å². The summed E-state index contributed by atoms with van der Waals surface area (Å²) in [5.74, 6) is -0.00855. The molecular formula is C21H23FN2O5. The minimum Gasteiger partial charge on any atom is -0.490 e. The Morgan fingerprint density at radius 3 is 2.41 bits per heavy atom. The lowest BCUT2D eigenvalue weighted by molar-refractivity contribution is 0.0635. The standard InChI is InChI=1S/C21H23FN2O5/c1-21(2,3)29-20(26)24-15-7-6-14(22)12-16(15)23-19(25)13-5-8-17-18(11-13)28-10-4-9-27-17/h5-8,11-12H,4,9-10H2,1-3H3,(H,23,25)(H,24,26). The summed E-state index contributed by atoms with van der Waals surface area (Å²) >= 11 is 0. The fourth-order valence-corrected chi connectivity index (χ4v) is 2.64. The van der Waals surface area contributed by atoms with Crippen molar-refractivity contribution in [2.45, 2.75) is 32.8 Å². The second-order valence-electron chi connectivity index (χ2n) is 7.48. The Labute approximate surface area is 168 Å². The van der Waals surface area contributed by atoms with Gasteiger partial charge in [-0.05, 0) is 57.2 Å². The summed E-state index contributed by atoms with van der Waals surface area (Å²) in [6.07, 6.45) is 0.0364. The molecule has 0 atom stereocenters. The topological polar surface area (TPSA) is 85.9 Å². The predicted molar refractivity (Wildman–Crippen MR) is 106 cm³/mol. The lowest BCUT2D eigenvalue weighted by Crippen LogP contribution is -2.27. The van der Waals surface area contributed by atoms with Crippen LogP contribution in [0.2, 0.25) is 0 Å². The van der Waals surface area contributed by atoms with Gasteiger partial charge >= 0.3 is 6.09 Å². The number of rotatable bonds is 3. The van der Waals surface area contributed by atoms with E-state index in [9.17, 15) is 14.0 Å². The molecule has 3 rings (SSSR count). The zero-order valence-corrected chi connectivity index (χ0v) is 16.5. The van der Waals surface area contributed by atoms with Crippen LogP contribution in [0, 0.1) is 5.82 Å². The number of hydrogen-bond acceptors (Lipinski definition) is 5. The van der Waals surface area contributed by atoms with E-state index in [1.807, 2.05) is 0 Å². The number of benzene rings is 2. The van der Waals surface area contributed by atoms with Crippen molar-refractivity contribution in [2.24, 2.45) is 0 Å². The first-order chi connectivity index (χ1) is 13.7. The molecule has 2 amide bonds. The van der Waals surface area contributed by atoms with Gasteiger partial charge in [0.05, 0.1) is 24.6 Å². The minimum atomic E-state index is -0.713. The van der Waals surface area contributed by atoms with Crippen molar-refractivity contribution in [3.05, 3.63) is 47.8 Å². The fourth-order valence-electron chi connectivity index (χ4n) is 2.64. The second-order valence-corrected chi connectivity index (χ2v) is 7.48. The average molecular weight is 402 g/mol. The van der Waals surface area contributed by atoms with E-state index in [-0.39, 0.29) is 11.4 Å². The van der Waals surface area contributed by atoms with Crippen LogP contribution in [0.3, 0.4) is 0 Å². The summed E-state index contributed by atoms with van der Waals surface area (Å²) in [6, 6.07) is 8.45. The number of halogens is 1. The molecule has 2 aromatic carbocycles. The number of anilines is 2. The molecule has 1 heterocycles. The molecule has 29 heavy (non-hydrogen) atoms. The highest BCUT2D eigenvalue weighted by Crippen LogP contribution is 2.31. The van der Waals surface area contributed by atoms with E-state index in [1.54, 1.807) is 39.0 Å². The van der Waals surface area contributed by atoms with Crippen molar-refractivity contribution in [3.63, 3.8) is 0 Å². The summed E-state index contributed by atoms with van der Waals surface area (Å²) in [6.45, 7) is 6.21. The van der Waals surface area contributed by atoms with Gasteiger partial charge in [-0.2, -0.15) is 0 Å². The maximum absolute atomic E-state index is 13.7. The van der Waals surface area contributed by atoms with E-state index >= 15 is 0 Å². The summed E-state index contributed by atoms with van der Waals surface area (Å²) in [5.41, 5.74) is -0.0738. The van der Waals surface area contributed by atoms with Gasteiger partial charge in [-0.25, -0.2) is 9.18 Å². The Morgan fingerprint density at radius 2 is 1.69 bits per heavy atom. The molecule has 0 saturated carbocycles. The molecule has 0 saturated heterocycles.